The van der Waals surface area contributed by atoms with Gasteiger partial charge in [0.15, 0.2) is 0 Å². The van der Waals surface area contributed by atoms with Crippen molar-refractivity contribution in [3.05, 3.63) is 42.2 Å². The maximum Gasteiger partial charge on any atom is 0.212 e. The van der Waals surface area contributed by atoms with E-state index < -0.39 is 0 Å². The van der Waals surface area contributed by atoms with Crippen LogP contribution in [-0.4, -0.2) is 17.6 Å². The molecule has 0 spiro atoms. The predicted molar refractivity (Wildman–Crippen MR) is 72.4 cm³/mol. The number of amides is 1. The number of carbonyl (C=O) groups excluding carboxylic acids is 1. The van der Waals surface area contributed by atoms with Crippen molar-refractivity contribution in [1.29, 1.82) is 5.41 Å². The number of fused-ring (bicyclic) bond motifs is 1. The molecule has 0 aliphatic heterocycles. The molecule has 0 saturated heterocycles. The van der Waals surface area contributed by atoms with E-state index in [1.165, 1.54) is 12.4 Å². The monoisotopic (exact) mass is 240 g/mol. The Hall–Kier alpha value is -2.69. The molecule has 1 aromatic heterocycles. The van der Waals surface area contributed by atoms with Crippen LogP contribution >= 0.6 is 0 Å². The van der Waals surface area contributed by atoms with E-state index in [-0.39, 0.29) is 0 Å². The first-order valence-corrected chi connectivity index (χ1v) is 5.31. The summed E-state index contributed by atoms with van der Waals surface area (Å²) >= 11 is 0. The Morgan fingerprint density at radius 2 is 2.17 bits per heavy atom. The second-order valence-electron chi connectivity index (χ2n) is 3.66. The van der Waals surface area contributed by atoms with E-state index in [1.54, 1.807) is 12.3 Å². The highest BCUT2D eigenvalue weighted by atomic mass is 16.1. The summed E-state index contributed by atoms with van der Waals surface area (Å²) in [4.78, 5) is 14.5. The van der Waals surface area contributed by atoms with Crippen molar-refractivity contribution < 1.29 is 4.79 Å². The van der Waals surface area contributed by atoms with Crippen LogP contribution in [-0.2, 0) is 4.79 Å². The molecule has 1 heterocycles. The SMILES string of the molecule is N=CC(=CN)c1ccc2cnc(NC=O)cc2c1. The van der Waals surface area contributed by atoms with Gasteiger partial charge in [0.2, 0.25) is 6.41 Å². The van der Waals surface area contributed by atoms with Crippen LogP contribution in [0.4, 0.5) is 5.82 Å². The third kappa shape index (κ3) is 2.20. The van der Waals surface area contributed by atoms with Gasteiger partial charge in [-0.3, -0.25) is 4.79 Å². The van der Waals surface area contributed by atoms with Crippen molar-refractivity contribution in [3.63, 3.8) is 0 Å². The number of pyridine rings is 1. The summed E-state index contributed by atoms with van der Waals surface area (Å²) in [6, 6.07) is 7.44. The van der Waals surface area contributed by atoms with Gasteiger partial charge in [-0.2, -0.15) is 0 Å². The summed E-state index contributed by atoms with van der Waals surface area (Å²) in [5.74, 6) is 0.489. The molecule has 90 valence electrons. The Kier molecular flexibility index (Phi) is 3.33. The number of nitrogens with one attached hydrogen (secondary N) is 2. The Morgan fingerprint density at radius 1 is 1.33 bits per heavy atom. The van der Waals surface area contributed by atoms with Gasteiger partial charge in [0, 0.05) is 29.6 Å². The van der Waals surface area contributed by atoms with E-state index >= 15 is 0 Å². The van der Waals surface area contributed by atoms with Gasteiger partial charge < -0.3 is 16.5 Å². The lowest BCUT2D eigenvalue weighted by Crippen LogP contribution is -1.96. The summed E-state index contributed by atoms with van der Waals surface area (Å²) in [7, 11) is 0. The predicted octanol–water partition coefficient (Wildman–Crippen LogP) is 1.75. The quantitative estimate of drug-likeness (QED) is 0.561. The normalized spacial score (nSPS) is 11.2. The average molecular weight is 240 g/mol. The molecule has 0 atom stereocenters. The fraction of sp³-hybridized carbons (Fsp3) is 0. The third-order valence-corrected chi connectivity index (χ3v) is 2.60. The Labute approximate surface area is 104 Å². The molecule has 2 aromatic rings. The van der Waals surface area contributed by atoms with Gasteiger partial charge in [-0.05, 0) is 23.1 Å². The van der Waals surface area contributed by atoms with Gasteiger partial charge in [0.05, 0.1) is 0 Å². The molecule has 1 aromatic carbocycles. The zero-order valence-electron chi connectivity index (χ0n) is 9.55. The minimum atomic E-state index is 0.489. The Balaban J connectivity index is 2.54. The van der Waals surface area contributed by atoms with Crippen molar-refractivity contribution in [3.8, 4) is 0 Å². The number of nitrogens with two attached hydrogens (primary N) is 1. The van der Waals surface area contributed by atoms with E-state index in [0.29, 0.717) is 17.8 Å². The lowest BCUT2D eigenvalue weighted by molar-refractivity contribution is -0.105. The number of anilines is 1. The first-order valence-electron chi connectivity index (χ1n) is 5.31. The van der Waals surface area contributed by atoms with E-state index in [0.717, 1.165) is 16.3 Å². The van der Waals surface area contributed by atoms with Crippen molar-refractivity contribution in [1.82, 2.24) is 4.98 Å². The van der Waals surface area contributed by atoms with Crippen LogP contribution in [0.25, 0.3) is 16.3 Å². The van der Waals surface area contributed by atoms with Crippen molar-refractivity contribution in [2.45, 2.75) is 0 Å². The molecule has 5 nitrogen and oxygen atoms in total. The number of nitrogens with zero attached hydrogens (tertiary/aromatic N) is 1. The van der Waals surface area contributed by atoms with Crippen LogP contribution in [0.1, 0.15) is 5.56 Å². The van der Waals surface area contributed by atoms with Gasteiger partial charge >= 0.3 is 0 Å². The molecule has 18 heavy (non-hydrogen) atoms. The summed E-state index contributed by atoms with van der Waals surface area (Å²) in [6.07, 6.45) is 4.86. The number of benzene rings is 1. The van der Waals surface area contributed by atoms with Crippen molar-refractivity contribution in [2.75, 3.05) is 5.32 Å². The van der Waals surface area contributed by atoms with Gasteiger partial charge in [0.25, 0.3) is 0 Å². The van der Waals surface area contributed by atoms with Crippen LogP contribution in [0.5, 0.6) is 0 Å². The van der Waals surface area contributed by atoms with Gasteiger partial charge in [-0.15, -0.1) is 0 Å². The zero-order chi connectivity index (χ0) is 13.0. The minimum absolute atomic E-state index is 0.489. The highest BCUT2D eigenvalue weighted by Crippen LogP contribution is 2.21. The lowest BCUT2D eigenvalue weighted by atomic mass is 10.0. The maximum atomic E-state index is 10.4. The Bertz CT molecular complexity index is 634. The molecular weight excluding hydrogens is 228 g/mol. The van der Waals surface area contributed by atoms with Crippen LogP contribution in [0, 0.1) is 5.41 Å². The standard InChI is InChI=1S/C13H12N4O/c14-5-12(6-15)9-1-2-10-7-16-13(17-8-18)4-11(10)3-9/h1-8,14H,15H2,(H,16,17,18). The molecule has 2 rings (SSSR count). The lowest BCUT2D eigenvalue weighted by Gasteiger charge is -2.05. The molecule has 0 unspecified atom stereocenters. The number of rotatable bonds is 4. The molecule has 1 amide bonds. The molecule has 0 radical (unpaired) electrons. The Morgan fingerprint density at radius 3 is 2.83 bits per heavy atom. The summed E-state index contributed by atoms with van der Waals surface area (Å²) in [6.45, 7) is 0. The summed E-state index contributed by atoms with van der Waals surface area (Å²) in [5, 5.41) is 11.6. The summed E-state index contributed by atoms with van der Waals surface area (Å²) < 4.78 is 0. The van der Waals surface area contributed by atoms with Crippen molar-refractivity contribution in [2.24, 2.45) is 5.73 Å². The number of hydrogen-bond donors (Lipinski definition) is 3. The van der Waals surface area contributed by atoms with Gasteiger partial charge in [0.1, 0.15) is 5.82 Å². The molecule has 0 aliphatic rings. The number of allylic oxidation sites excluding steroid dienone is 1. The fourth-order valence-electron chi connectivity index (χ4n) is 1.69. The first-order chi connectivity index (χ1) is 8.78. The van der Waals surface area contributed by atoms with E-state index in [2.05, 4.69) is 10.3 Å². The largest absolute Gasteiger partial charge is 0.404 e. The van der Waals surface area contributed by atoms with Gasteiger partial charge in [-0.1, -0.05) is 12.1 Å². The molecule has 5 heteroatoms. The van der Waals surface area contributed by atoms with E-state index in [9.17, 15) is 4.79 Å². The minimum Gasteiger partial charge on any atom is -0.404 e. The second-order valence-corrected chi connectivity index (χ2v) is 3.66. The molecule has 0 saturated carbocycles. The molecule has 0 fully saturated rings. The number of carbonyl (C=O) groups is 1. The van der Waals surface area contributed by atoms with E-state index in [1.807, 2.05) is 18.2 Å². The second kappa shape index (κ2) is 5.09. The maximum absolute atomic E-state index is 10.4. The fourth-order valence-corrected chi connectivity index (χ4v) is 1.69. The topological polar surface area (TPSA) is 91.9 Å². The average Bonchev–Trinajstić information content (AvgIpc) is 2.40. The number of aromatic nitrogens is 1. The van der Waals surface area contributed by atoms with Crippen LogP contribution in [0.2, 0.25) is 0 Å². The molecule has 0 bridgehead atoms. The van der Waals surface area contributed by atoms with Crippen LogP contribution < -0.4 is 11.1 Å². The molecule has 4 N–H and O–H groups in total. The highest BCUT2D eigenvalue weighted by Gasteiger charge is 2.02. The third-order valence-electron chi connectivity index (χ3n) is 2.60. The summed E-state index contributed by atoms with van der Waals surface area (Å²) in [5.41, 5.74) is 6.94. The van der Waals surface area contributed by atoms with E-state index in [4.69, 9.17) is 11.1 Å². The van der Waals surface area contributed by atoms with Crippen molar-refractivity contribution >= 4 is 34.8 Å². The smallest absolute Gasteiger partial charge is 0.212 e. The molecular formula is C13H12N4O. The molecule has 0 aliphatic carbocycles. The number of hydrogen-bond acceptors (Lipinski definition) is 4. The first kappa shape index (κ1) is 11.8. The van der Waals surface area contributed by atoms with Crippen LogP contribution in [0.15, 0.2) is 36.7 Å². The van der Waals surface area contributed by atoms with Gasteiger partial charge in [-0.25, -0.2) is 4.98 Å². The highest BCUT2D eigenvalue weighted by molar-refractivity contribution is 6.09. The zero-order valence-corrected chi connectivity index (χ0v) is 9.55. The van der Waals surface area contributed by atoms with Crippen LogP contribution in [0.3, 0.4) is 0 Å².